The second kappa shape index (κ2) is 12.6. The number of halogens is 1. The molecule has 0 saturated carbocycles. The van der Waals surface area contributed by atoms with Gasteiger partial charge in [0.15, 0.2) is 16.9 Å². The van der Waals surface area contributed by atoms with Gasteiger partial charge in [0.25, 0.3) is 11.0 Å². The predicted octanol–water partition coefficient (Wildman–Crippen LogP) is 5.35. The number of carbonyl (C=O) groups is 1. The van der Waals surface area contributed by atoms with E-state index in [0.717, 1.165) is 16.7 Å². The van der Waals surface area contributed by atoms with Gasteiger partial charge in [-0.25, -0.2) is 0 Å². The van der Waals surface area contributed by atoms with Gasteiger partial charge in [0.2, 0.25) is 5.75 Å². The molecule has 0 bridgehead atoms. The number of fused-ring (bicyclic) bond motifs is 3. The minimum atomic E-state index is -0.888. The molecule has 10 nitrogen and oxygen atoms in total. The maximum atomic E-state index is 13.6. The highest BCUT2D eigenvalue weighted by Crippen LogP contribution is 2.50. The third-order valence-corrected chi connectivity index (χ3v) is 8.39. The summed E-state index contributed by atoms with van der Waals surface area (Å²) in [6.45, 7) is -0.313. The number of amides is 1. The lowest BCUT2D eigenvalue weighted by molar-refractivity contribution is -0.763. The summed E-state index contributed by atoms with van der Waals surface area (Å²) in [5, 5.41) is 12.9. The first kappa shape index (κ1) is 29.2. The van der Waals surface area contributed by atoms with Gasteiger partial charge in [0.1, 0.15) is 6.61 Å². The van der Waals surface area contributed by atoms with Crippen LogP contribution in [-0.2, 0) is 17.9 Å². The first-order chi connectivity index (χ1) is 19.2. The molecule has 1 amide bonds. The number of rotatable bonds is 9. The second-order valence-corrected chi connectivity index (χ2v) is 10.4. The van der Waals surface area contributed by atoms with Crippen LogP contribution in [0.1, 0.15) is 39.5 Å². The van der Waals surface area contributed by atoms with Gasteiger partial charge in [-0.2, -0.15) is 0 Å². The Labute approximate surface area is 243 Å². The van der Waals surface area contributed by atoms with E-state index in [1.54, 1.807) is 44.6 Å². The molecule has 0 fully saturated rings. The van der Waals surface area contributed by atoms with Gasteiger partial charge >= 0.3 is 0 Å². The lowest BCUT2D eigenvalue weighted by Gasteiger charge is -2.20. The van der Waals surface area contributed by atoms with Crippen molar-refractivity contribution in [2.45, 2.75) is 30.4 Å². The Morgan fingerprint density at radius 2 is 1.88 bits per heavy atom. The van der Waals surface area contributed by atoms with E-state index in [1.165, 1.54) is 18.9 Å². The van der Waals surface area contributed by atoms with E-state index in [-0.39, 0.29) is 17.6 Å². The van der Waals surface area contributed by atoms with Crippen molar-refractivity contribution in [3.05, 3.63) is 89.5 Å². The molecule has 0 aromatic heterocycles. The number of hydrogen-bond donors (Lipinski definition) is 1. The third kappa shape index (κ3) is 5.73. The molecule has 3 aromatic rings. The lowest BCUT2D eigenvalue weighted by Crippen LogP contribution is -2.29. The Morgan fingerprint density at radius 1 is 1.12 bits per heavy atom. The van der Waals surface area contributed by atoms with E-state index in [0.29, 0.717) is 50.6 Å². The van der Waals surface area contributed by atoms with Gasteiger partial charge in [0, 0.05) is 10.0 Å². The smallest absolute Gasteiger partial charge is 0.294 e. The van der Waals surface area contributed by atoms with Gasteiger partial charge < -0.3 is 24.4 Å². The minimum absolute atomic E-state index is 0.170. The fourth-order valence-corrected chi connectivity index (χ4v) is 5.86. The van der Waals surface area contributed by atoms with E-state index in [2.05, 4.69) is 26.1 Å². The van der Waals surface area contributed by atoms with E-state index >= 15 is 0 Å². The number of nitrogens with zero attached hydrogens (tertiary/aromatic N) is 1. The van der Waals surface area contributed by atoms with Crippen LogP contribution in [0.4, 0.5) is 0 Å². The van der Waals surface area contributed by atoms with Crippen molar-refractivity contribution in [2.75, 3.05) is 27.6 Å². The van der Waals surface area contributed by atoms with Crippen LogP contribution in [-0.4, -0.2) is 38.6 Å². The quantitative estimate of drug-likeness (QED) is 0.189. The average Bonchev–Trinajstić information content (AvgIpc) is 3.19. The SMILES string of the molecule is COc1cc2c(c(OC)c1OC)-c1ccc(SC)c(=O)cc1[C@@H](NC(=O)c1cccc(CO[N+](=O)[O-])c1Br)CC2. The summed E-state index contributed by atoms with van der Waals surface area (Å²) in [5.74, 6) is 0.988. The highest BCUT2D eigenvalue weighted by molar-refractivity contribution is 9.10. The topological polar surface area (TPSA) is 126 Å². The van der Waals surface area contributed by atoms with Crippen LogP contribution in [0.2, 0.25) is 0 Å². The summed E-state index contributed by atoms with van der Waals surface area (Å²) in [4.78, 5) is 42.4. The molecule has 4 rings (SSSR count). The lowest BCUT2D eigenvalue weighted by atomic mass is 9.95. The van der Waals surface area contributed by atoms with Crippen LogP contribution in [0.15, 0.2) is 56.6 Å². The highest BCUT2D eigenvalue weighted by Gasteiger charge is 2.30. The number of nitrogens with one attached hydrogen (secondary N) is 1. The van der Waals surface area contributed by atoms with Crippen molar-refractivity contribution in [3.8, 4) is 28.4 Å². The van der Waals surface area contributed by atoms with Crippen LogP contribution < -0.4 is 25.0 Å². The molecule has 1 aliphatic carbocycles. The third-order valence-electron chi connectivity index (χ3n) is 6.67. The van der Waals surface area contributed by atoms with Crippen molar-refractivity contribution in [1.82, 2.24) is 5.32 Å². The largest absolute Gasteiger partial charge is 0.493 e. The van der Waals surface area contributed by atoms with Crippen molar-refractivity contribution in [3.63, 3.8) is 0 Å². The summed E-state index contributed by atoms with van der Waals surface area (Å²) in [5.41, 5.74) is 3.58. The van der Waals surface area contributed by atoms with Gasteiger partial charge in [-0.3, -0.25) is 9.59 Å². The van der Waals surface area contributed by atoms with Crippen LogP contribution in [0.3, 0.4) is 0 Å². The van der Waals surface area contributed by atoms with E-state index in [9.17, 15) is 19.7 Å². The number of aryl methyl sites for hydroxylation is 1. The first-order valence-corrected chi connectivity index (χ1v) is 14.2. The number of hydrogen-bond acceptors (Lipinski definition) is 9. The molecular formula is C28H27BrN2O8S. The molecule has 12 heteroatoms. The fourth-order valence-electron chi connectivity index (χ4n) is 4.84. The zero-order valence-electron chi connectivity index (χ0n) is 22.2. The molecule has 0 heterocycles. The standard InChI is InChI=1S/C28H27BrN2O8S/c1-36-22-12-15-8-10-20(30-28(33)18-7-5-6-16(25(18)29)14-39-31(34)35)19-13-21(32)23(40-4)11-9-17(19)24(15)27(38-3)26(22)37-2/h5-7,9,11-13,20H,8,10,14H2,1-4H3,(H,30,33)/t20-/m0/s1. The van der Waals surface area contributed by atoms with E-state index in [4.69, 9.17) is 14.2 Å². The Kier molecular flexibility index (Phi) is 9.21. The maximum Gasteiger partial charge on any atom is 0.294 e. The fraction of sp³-hybridized carbons (Fsp3) is 0.286. The predicted molar refractivity (Wildman–Crippen MR) is 154 cm³/mol. The summed E-state index contributed by atoms with van der Waals surface area (Å²) in [7, 11) is 4.63. The van der Waals surface area contributed by atoms with E-state index < -0.39 is 17.0 Å². The van der Waals surface area contributed by atoms with Crippen LogP contribution >= 0.6 is 27.7 Å². The van der Waals surface area contributed by atoms with Gasteiger partial charge in [-0.1, -0.05) is 18.2 Å². The number of benzene rings is 2. The molecule has 0 spiro atoms. The van der Waals surface area contributed by atoms with E-state index in [1.807, 2.05) is 18.4 Å². The van der Waals surface area contributed by atoms with Gasteiger partial charge in [-0.05, 0) is 81.5 Å². The minimum Gasteiger partial charge on any atom is -0.493 e. The van der Waals surface area contributed by atoms with Gasteiger partial charge in [-0.15, -0.1) is 21.9 Å². The number of thioether (sulfide) groups is 1. The first-order valence-electron chi connectivity index (χ1n) is 12.1. The van der Waals surface area contributed by atoms with Crippen LogP contribution in [0.5, 0.6) is 17.2 Å². The molecule has 1 aliphatic rings. The van der Waals surface area contributed by atoms with Crippen molar-refractivity contribution in [1.29, 1.82) is 0 Å². The molecule has 0 radical (unpaired) electrons. The molecule has 1 atom stereocenters. The Morgan fingerprint density at radius 3 is 2.52 bits per heavy atom. The maximum absolute atomic E-state index is 13.6. The number of methoxy groups -OCH3 is 3. The van der Waals surface area contributed by atoms with Crippen LogP contribution in [0.25, 0.3) is 11.1 Å². The molecule has 40 heavy (non-hydrogen) atoms. The highest BCUT2D eigenvalue weighted by atomic mass is 79.9. The Hall–Kier alpha value is -3.77. The average molecular weight is 632 g/mol. The van der Waals surface area contributed by atoms with Gasteiger partial charge in [0.05, 0.1) is 37.8 Å². The zero-order valence-corrected chi connectivity index (χ0v) is 24.6. The molecule has 210 valence electrons. The molecule has 0 unspecified atom stereocenters. The molecule has 0 aliphatic heterocycles. The van der Waals surface area contributed by atoms with Crippen molar-refractivity contribution >= 4 is 33.6 Å². The molecule has 1 N–H and O–H groups in total. The Bertz CT molecular complexity index is 1530. The van der Waals surface area contributed by atoms with Crippen molar-refractivity contribution in [2.24, 2.45) is 0 Å². The zero-order chi connectivity index (χ0) is 29.0. The summed E-state index contributed by atoms with van der Waals surface area (Å²) >= 11 is 4.73. The molecule has 0 saturated heterocycles. The van der Waals surface area contributed by atoms with Crippen molar-refractivity contribution < 1.29 is 28.9 Å². The molecular weight excluding hydrogens is 604 g/mol. The monoisotopic (exact) mass is 630 g/mol. The summed E-state index contributed by atoms with van der Waals surface area (Å²) < 4.78 is 17.4. The number of ether oxygens (including phenoxy) is 3. The second-order valence-electron chi connectivity index (χ2n) is 8.80. The summed E-state index contributed by atoms with van der Waals surface area (Å²) in [6.07, 6.45) is 2.85. The normalized spacial score (nSPS) is 13.8. The molecule has 3 aromatic carbocycles. The van der Waals surface area contributed by atoms with Crippen LogP contribution in [0, 0.1) is 10.1 Å². The summed E-state index contributed by atoms with van der Waals surface area (Å²) in [6, 6.07) is 11.4. The Balaban J connectivity index is 1.85. The number of carbonyl (C=O) groups excluding carboxylic acids is 1.